The Kier molecular flexibility index (Phi) is 15.9. The normalized spacial score (nSPS) is 22.8. The Morgan fingerprint density at radius 3 is 1.60 bits per heavy atom. The van der Waals surface area contributed by atoms with E-state index >= 15 is 0 Å². The summed E-state index contributed by atoms with van der Waals surface area (Å²) in [6.45, 7) is 6.20. The zero-order valence-electron chi connectivity index (χ0n) is 25.8. The number of carboxylic acid groups (broad SMARTS) is 1. The van der Waals surface area contributed by atoms with Crippen LogP contribution in [0.4, 0.5) is 0 Å². The van der Waals surface area contributed by atoms with Crippen LogP contribution in [0.5, 0.6) is 0 Å². The van der Waals surface area contributed by atoms with E-state index in [1.807, 2.05) is 0 Å². The molecule has 1 aliphatic rings. The molecule has 8 atom stereocenters. The van der Waals surface area contributed by atoms with E-state index in [4.69, 9.17) is 42.6 Å². The van der Waals surface area contributed by atoms with Crippen molar-refractivity contribution in [3.8, 4) is 0 Å². The molecule has 18 nitrogen and oxygen atoms in total. The lowest BCUT2D eigenvalue weighted by Gasteiger charge is -2.45. The summed E-state index contributed by atoms with van der Waals surface area (Å²) in [5.74, 6) is -7.56. The van der Waals surface area contributed by atoms with E-state index in [1.165, 1.54) is 0 Å². The van der Waals surface area contributed by atoms with Gasteiger partial charge in [-0.1, -0.05) is 0 Å². The summed E-state index contributed by atoms with van der Waals surface area (Å²) in [6, 6.07) is 0. The van der Waals surface area contributed by atoms with Gasteiger partial charge < -0.3 is 47.7 Å². The van der Waals surface area contributed by atoms with Crippen LogP contribution in [0.1, 0.15) is 61.3 Å². The number of ether oxygens (including phenoxy) is 9. The molecule has 18 heteroatoms. The molecule has 0 aliphatic carbocycles. The molecule has 1 heterocycles. The Balaban J connectivity index is 3.78. The van der Waals surface area contributed by atoms with E-state index in [-0.39, 0.29) is 6.42 Å². The number of carbonyl (C=O) groups excluding carboxylic acids is 7. The standard InChI is InChI=1S/C27H38O18/c1-12(28)37-9-8-19(23(40-15(4)31)20(10-22(35)36)39-14(3)30)44-27-26(43-18(7)34)25(42-17(6)33)24(41-16(5)32)21(45-27)11-38-13(2)29/h19-21,23-27H,8-11H2,1-7H3,(H,35,36)/t19-,20-,21-,23+,24+,25+,26-,27+/m1/s1. The van der Waals surface area contributed by atoms with Gasteiger partial charge in [0.05, 0.1) is 13.0 Å². The van der Waals surface area contributed by atoms with Gasteiger partial charge in [0.15, 0.2) is 36.8 Å². The molecule has 1 fully saturated rings. The smallest absolute Gasteiger partial charge is 0.307 e. The minimum Gasteiger partial charge on any atom is -0.481 e. The molecule has 0 radical (unpaired) electrons. The number of carbonyl (C=O) groups is 8. The fourth-order valence-corrected chi connectivity index (χ4v) is 4.29. The number of rotatable bonds is 16. The summed E-state index contributed by atoms with van der Waals surface area (Å²) in [5.41, 5.74) is 0. The molecule has 0 amide bonds. The van der Waals surface area contributed by atoms with Crippen LogP contribution in [-0.4, -0.2) is 115 Å². The molecule has 0 aromatic carbocycles. The van der Waals surface area contributed by atoms with E-state index in [2.05, 4.69) is 0 Å². The van der Waals surface area contributed by atoms with Gasteiger partial charge in [0, 0.05) is 54.9 Å². The van der Waals surface area contributed by atoms with Crippen molar-refractivity contribution >= 4 is 47.8 Å². The molecule has 1 rings (SSSR count). The molecule has 0 spiro atoms. The Hall–Kier alpha value is -4.32. The molecule has 1 saturated heterocycles. The number of carboxylic acids is 1. The van der Waals surface area contributed by atoms with E-state index in [9.17, 15) is 43.5 Å². The molecular formula is C27H38O18. The lowest BCUT2D eigenvalue weighted by Crippen LogP contribution is -2.64. The van der Waals surface area contributed by atoms with Crippen molar-refractivity contribution in [3.63, 3.8) is 0 Å². The van der Waals surface area contributed by atoms with Crippen LogP contribution < -0.4 is 0 Å². The fourth-order valence-electron chi connectivity index (χ4n) is 4.29. The number of hydrogen-bond acceptors (Lipinski definition) is 17. The zero-order valence-corrected chi connectivity index (χ0v) is 25.8. The molecule has 254 valence electrons. The summed E-state index contributed by atoms with van der Waals surface area (Å²) in [4.78, 5) is 95.1. The Bertz CT molecular complexity index is 1090. The van der Waals surface area contributed by atoms with Gasteiger partial charge >= 0.3 is 47.8 Å². The van der Waals surface area contributed by atoms with Gasteiger partial charge in [-0.3, -0.25) is 38.4 Å². The third-order valence-electron chi connectivity index (χ3n) is 5.69. The van der Waals surface area contributed by atoms with Crippen molar-refractivity contribution < 1.29 is 86.1 Å². The monoisotopic (exact) mass is 650 g/mol. The summed E-state index contributed by atoms with van der Waals surface area (Å²) < 4.78 is 48.5. The van der Waals surface area contributed by atoms with Gasteiger partial charge in [0.2, 0.25) is 0 Å². The van der Waals surface area contributed by atoms with Crippen LogP contribution in [0.15, 0.2) is 0 Å². The first-order chi connectivity index (χ1) is 20.9. The summed E-state index contributed by atoms with van der Waals surface area (Å²) in [7, 11) is 0. The maximum Gasteiger partial charge on any atom is 0.307 e. The molecule has 45 heavy (non-hydrogen) atoms. The minimum absolute atomic E-state index is 0.345. The van der Waals surface area contributed by atoms with E-state index in [0.29, 0.717) is 0 Å². The van der Waals surface area contributed by atoms with E-state index in [0.717, 1.165) is 48.5 Å². The number of esters is 7. The Morgan fingerprint density at radius 1 is 0.622 bits per heavy atom. The molecular weight excluding hydrogens is 612 g/mol. The van der Waals surface area contributed by atoms with E-state index in [1.54, 1.807) is 0 Å². The summed E-state index contributed by atoms with van der Waals surface area (Å²) in [5, 5.41) is 9.48. The molecule has 0 unspecified atom stereocenters. The lowest BCUT2D eigenvalue weighted by molar-refractivity contribution is -0.325. The van der Waals surface area contributed by atoms with Crippen molar-refractivity contribution in [2.75, 3.05) is 13.2 Å². The first-order valence-electron chi connectivity index (χ1n) is 13.6. The number of hydrogen-bond donors (Lipinski definition) is 1. The first kappa shape index (κ1) is 38.7. The second-order valence-electron chi connectivity index (χ2n) is 9.69. The minimum atomic E-state index is -1.80. The third kappa shape index (κ3) is 14.3. The maximum absolute atomic E-state index is 12.2. The van der Waals surface area contributed by atoms with Gasteiger partial charge in [-0.05, 0) is 0 Å². The average Bonchev–Trinajstić information content (AvgIpc) is 2.86. The topological polar surface area (TPSA) is 240 Å². The Morgan fingerprint density at radius 2 is 1.13 bits per heavy atom. The van der Waals surface area contributed by atoms with Crippen LogP contribution in [0, 0.1) is 0 Å². The predicted molar refractivity (Wildman–Crippen MR) is 141 cm³/mol. The van der Waals surface area contributed by atoms with Crippen LogP contribution >= 0.6 is 0 Å². The first-order valence-corrected chi connectivity index (χ1v) is 13.6. The van der Waals surface area contributed by atoms with Crippen LogP contribution in [0.25, 0.3) is 0 Å². The highest BCUT2D eigenvalue weighted by Crippen LogP contribution is 2.32. The van der Waals surface area contributed by atoms with Gasteiger partial charge in [-0.25, -0.2) is 0 Å². The van der Waals surface area contributed by atoms with Gasteiger partial charge in [0.25, 0.3) is 0 Å². The zero-order chi connectivity index (χ0) is 34.4. The second-order valence-corrected chi connectivity index (χ2v) is 9.69. The fraction of sp³-hybridized carbons (Fsp3) is 0.704. The molecule has 0 bridgehead atoms. The second kappa shape index (κ2) is 18.5. The maximum atomic E-state index is 12.2. The van der Waals surface area contributed by atoms with Crippen LogP contribution in [0.2, 0.25) is 0 Å². The highest BCUT2D eigenvalue weighted by Gasteiger charge is 2.54. The van der Waals surface area contributed by atoms with Crippen LogP contribution in [-0.2, 0) is 81.0 Å². The molecule has 0 saturated carbocycles. The largest absolute Gasteiger partial charge is 0.481 e. The van der Waals surface area contributed by atoms with Crippen molar-refractivity contribution in [1.29, 1.82) is 0 Å². The van der Waals surface area contributed by atoms with Gasteiger partial charge in [-0.2, -0.15) is 0 Å². The van der Waals surface area contributed by atoms with Crippen molar-refractivity contribution in [3.05, 3.63) is 0 Å². The molecule has 1 N–H and O–H groups in total. The highest BCUT2D eigenvalue weighted by atomic mass is 16.7. The van der Waals surface area contributed by atoms with Gasteiger partial charge in [0.1, 0.15) is 18.8 Å². The lowest BCUT2D eigenvalue weighted by atomic mass is 9.97. The Labute approximate surface area is 257 Å². The quantitative estimate of drug-likeness (QED) is 0.167. The average molecular weight is 651 g/mol. The highest BCUT2D eigenvalue weighted by molar-refractivity contribution is 5.71. The van der Waals surface area contributed by atoms with Gasteiger partial charge in [-0.15, -0.1) is 0 Å². The molecule has 0 aromatic rings. The number of aliphatic carboxylic acids is 1. The molecule has 1 aliphatic heterocycles. The summed E-state index contributed by atoms with van der Waals surface area (Å²) in [6.07, 6.45) is -14.1. The predicted octanol–water partition coefficient (Wildman–Crippen LogP) is -0.254. The van der Waals surface area contributed by atoms with Crippen molar-refractivity contribution in [2.24, 2.45) is 0 Å². The molecule has 0 aromatic heterocycles. The van der Waals surface area contributed by atoms with E-state index < -0.39 is 116 Å². The summed E-state index contributed by atoms with van der Waals surface area (Å²) >= 11 is 0. The van der Waals surface area contributed by atoms with Crippen molar-refractivity contribution in [2.45, 2.75) is 110 Å². The van der Waals surface area contributed by atoms with Crippen molar-refractivity contribution in [1.82, 2.24) is 0 Å². The van der Waals surface area contributed by atoms with Crippen LogP contribution in [0.3, 0.4) is 0 Å². The SMILES string of the molecule is CC(=O)OCC[C@@H](O[C@H]1O[C@H](COC(C)=O)[C@H](OC(C)=O)[C@H](OC(C)=O)[C@H]1OC(C)=O)[C@H](OC(C)=O)[C@@H](CC(=O)O)OC(C)=O. The third-order valence-corrected chi connectivity index (χ3v) is 5.69.